The highest BCUT2D eigenvalue weighted by Gasteiger charge is 2.19. The Hall–Kier alpha value is -0.960. The largest absolute Gasteiger partial charge is 0.327 e. The second-order valence-corrected chi connectivity index (χ2v) is 5.40. The Morgan fingerprint density at radius 3 is 2.33 bits per heavy atom. The molecular weight excluding hydrogens is 232 g/mol. The first kappa shape index (κ1) is 13.5. The molecule has 0 radical (unpaired) electrons. The highest BCUT2D eigenvalue weighted by atomic mass is 19.1. The Morgan fingerprint density at radius 2 is 1.72 bits per heavy atom. The molecule has 1 unspecified atom stereocenters. The molecule has 0 heterocycles. The fourth-order valence-corrected chi connectivity index (χ4v) is 2.92. The average molecular weight is 253 g/mol. The summed E-state index contributed by atoms with van der Waals surface area (Å²) >= 11 is 0. The zero-order valence-corrected chi connectivity index (χ0v) is 10.7. The van der Waals surface area contributed by atoms with E-state index in [1.807, 2.05) is 0 Å². The van der Waals surface area contributed by atoms with Gasteiger partial charge >= 0.3 is 0 Å². The lowest BCUT2D eigenvalue weighted by Crippen LogP contribution is -2.27. The van der Waals surface area contributed by atoms with E-state index in [2.05, 4.69) is 0 Å². The lowest BCUT2D eigenvalue weighted by Gasteiger charge is -2.24. The molecule has 18 heavy (non-hydrogen) atoms. The molecule has 2 rings (SSSR count). The van der Waals surface area contributed by atoms with Gasteiger partial charge in [-0.1, -0.05) is 38.2 Å². The summed E-state index contributed by atoms with van der Waals surface area (Å²) in [4.78, 5) is 0. The fraction of sp³-hybridized carbons (Fsp3) is 0.600. The van der Waals surface area contributed by atoms with Crippen LogP contribution in [0.3, 0.4) is 0 Å². The fourth-order valence-electron chi connectivity index (χ4n) is 2.92. The molecule has 1 saturated carbocycles. The summed E-state index contributed by atoms with van der Waals surface area (Å²) in [6, 6.07) is 3.85. The number of hydrogen-bond donors (Lipinski definition) is 1. The molecule has 1 fully saturated rings. The van der Waals surface area contributed by atoms with E-state index in [1.165, 1.54) is 50.3 Å². The van der Waals surface area contributed by atoms with Gasteiger partial charge in [0.05, 0.1) is 0 Å². The lowest BCUT2D eigenvalue weighted by molar-refractivity contribution is 0.315. The zero-order chi connectivity index (χ0) is 13.0. The van der Waals surface area contributed by atoms with E-state index in [9.17, 15) is 8.78 Å². The highest BCUT2D eigenvalue weighted by Crippen LogP contribution is 2.28. The molecule has 0 aliphatic heterocycles. The van der Waals surface area contributed by atoms with Gasteiger partial charge in [0.2, 0.25) is 0 Å². The van der Waals surface area contributed by atoms with Crippen LogP contribution in [0.5, 0.6) is 0 Å². The maximum Gasteiger partial charge on any atom is 0.129 e. The summed E-state index contributed by atoms with van der Waals surface area (Å²) < 4.78 is 27.0. The number of benzene rings is 1. The lowest BCUT2D eigenvalue weighted by atomic mass is 9.84. The highest BCUT2D eigenvalue weighted by molar-refractivity contribution is 5.20. The summed E-state index contributed by atoms with van der Waals surface area (Å²) in [6.45, 7) is 0. The predicted octanol–water partition coefficient (Wildman–Crippen LogP) is 3.81. The van der Waals surface area contributed by atoms with E-state index in [-0.39, 0.29) is 11.6 Å². The van der Waals surface area contributed by atoms with E-state index in [0.717, 1.165) is 6.42 Å². The molecule has 1 atom stereocenters. The van der Waals surface area contributed by atoms with Crippen molar-refractivity contribution in [1.82, 2.24) is 0 Å². The quantitative estimate of drug-likeness (QED) is 0.867. The number of hydrogen-bond acceptors (Lipinski definition) is 1. The molecule has 1 nitrogen and oxygen atoms in total. The average Bonchev–Trinajstić information content (AvgIpc) is 2.35. The molecule has 1 aromatic rings. The monoisotopic (exact) mass is 253 g/mol. The van der Waals surface area contributed by atoms with Crippen LogP contribution in [0.25, 0.3) is 0 Å². The minimum absolute atomic E-state index is 0.139. The van der Waals surface area contributed by atoms with Crippen molar-refractivity contribution in [3.8, 4) is 0 Å². The molecule has 1 aliphatic rings. The number of halogens is 2. The molecule has 1 aromatic carbocycles. The van der Waals surface area contributed by atoms with Gasteiger partial charge in [-0.3, -0.25) is 0 Å². The van der Waals surface area contributed by atoms with E-state index in [0.29, 0.717) is 12.3 Å². The van der Waals surface area contributed by atoms with Crippen molar-refractivity contribution in [2.45, 2.75) is 51.0 Å². The Bertz CT molecular complexity index is 366. The van der Waals surface area contributed by atoms with Crippen molar-refractivity contribution in [3.63, 3.8) is 0 Å². The smallest absolute Gasteiger partial charge is 0.129 e. The summed E-state index contributed by atoms with van der Waals surface area (Å²) in [5.74, 6) is -0.313. The van der Waals surface area contributed by atoms with Crippen LogP contribution < -0.4 is 5.73 Å². The molecule has 1 aliphatic carbocycles. The van der Waals surface area contributed by atoms with Crippen molar-refractivity contribution < 1.29 is 8.78 Å². The normalized spacial score (nSPS) is 18.8. The Morgan fingerprint density at radius 1 is 1.11 bits per heavy atom. The van der Waals surface area contributed by atoms with Gasteiger partial charge in [-0.15, -0.1) is 0 Å². The van der Waals surface area contributed by atoms with Gasteiger partial charge in [0, 0.05) is 11.6 Å². The van der Waals surface area contributed by atoms with Gasteiger partial charge in [0.25, 0.3) is 0 Å². The molecule has 0 saturated heterocycles. The van der Waals surface area contributed by atoms with Crippen molar-refractivity contribution in [2.75, 3.05) is 0 Å². The van der Waals surface area contributed by atoms with Gasteiger partial charge in [-0.2, -0.15) is 0 Å². The SMILES string of the molecule is NC(Cc1c(F)cccc1F)CC1CCCCC1. The maximum atomic E-state index is 13.5. The second kappa shape index (κ2) is 6.28. The van der Waals surface area contributed by atoms with Gasteiger partial charge in [-0.05, 0) is 30.9 Å². The second-order valence-electron chi connectivity index (χ2n) is 5.40. The van der Waals surface area contributed by atoms with Crippen LogP contribution in [0, 0.1) is 17.6 Å². The van der Waals surface area contributed by atoms with Crippen molar-refractivity contribution in [2.24, 2.45) is 11.7 Å². The summed E-state index contributed by atoms with van der Waals surface area (Å²) in [6.07, 6.45) is 7.47. The van der Waals surface area contributed by atoms with Gasteiger partial charge in [-0.25, -0.2) is 8.78 Å². The van der Waals surface area contributed by atoms with Crippen LogP contribution in [-0.2, 0) is 6.42 Å². The first-order chi connectivity index (χ1) is 8.66. The minimum Gasteiger partial charge on any atom is -0.327 e. The van der Waals surface area contributed by atoms with Gasteiger partial charge in [0.15, 0.2) is 0 Å². The van der Waals surface area contributed by atoms with Crippen LogP contribution in [0.2, 0.25) is 0 Å². The number of nitrogens with two attached hydrogens (primary N) is 1. The number of rotatable bonds is 4. The third-order valence-electron chi connectivity index (χ3n) is 3.89. The summed E-state index contributed by atoms with van der Waals surface area (Å²) in [7, 11) is 0. The standard InChI is InChI=1S/C15H21F2N/c16-14-7-4-8-15(17)13(14)10-12(18)9-11-5-2-1-3-6-11/h4,7-8,11-12H,1-3,5-6,9-10,18H2. The first-order valence-corrected chi connectivity index (χ1v) is 6.85. The van der Waals surface area contributed by atoms with Crippen LogP contribution >= 0.6 is 0 Å². The topological polar surface area (TPSA) is 26.0 Å². The molecule has 0 amide bonds. The molecule has 0 bridgehead atoms. The third kappa shape index (κ3) is 3.52. The Labute approximate surface area is 107 Å². The summed E-state index contributed by atoms with van der Waals surface area (Å²) in [5.41, 5.74) is 6.18. The van der Waals surface area contributed by atoms with Crippen molar-refractivity contribution in [1.29, 1.82) is 0 Å². The molecule has 0 spiro atoms. The third-order valence-corrected chi connectivity index (χ3v) is 3.89. The first-order valence-electron chi connectivity index (χ1n) is 6.85. The van der Waals surface area contributed by atoms with E-state index < -0.39 is 11.6 Å². The molecule has 2 N–H and O–H groups in total. The van der Waals surface area contributed by atoms with E-state index in [1.54, 1.807) is 0 Å². The van der Waals surface area contributed by atoms with Crippen LogP contribution in [0.4, 0.5) is 8.78 Å². The Balaban J connectivity index is 1.92. The maximum absolute atomic E-state index is 13.5. The summed E-state index contributed by atoms with van der Waals surface area (Å²) in [5, 5.41) is 0. The van der Waals surface area contributed by atoms with Crippen LogP contribution in [-0.4, -0.2) is 6.04 Å². The zero-order valence-electron chi connectivity index (χ0n) is 10.7. The molecular formula is C15H21F2N. The van der Waals surface area contributed by atoms with Crippen molar-refractivity contribution >= 4 is 0 Å². The van der Waals surface area contributed by atoms with E-state index in [4.69, 9.17) is 5.73 Å². The van der Waals surface area contributed by atoms with Crippen LogP contribution in [0.15, 0.2) is 18.2 Å². The van der Waals surface area contributed by atoms with Gasteiger partial charge < -0.3 is 5.73 Å². The minimum atomic E-state index is -0.478. The molecule has 100 valence electrons. The van der Waals surface area contributed by atoms with Crippen LogP contribution in [0.1, 0.15) is 44.1 Å². The van der Waals surface area contributed by atoms with Gasteiger partial charge in [0.1, 0.15) is 11.6 Å². The molecule has 3 heteroatoms. The predicted molar refractivity (Wildman–Crippen MR) is 69.2 cm³/mol. The van der Waals surface area contributed by atoms with Crippen molar-refractivity contribution in [3.05, 3.63) is 35.4 Å². The van der Waals surface area contributed by atoms with E-state index >= 15 is 0 Å². The Kier molecular flexibility index (Phi) is 4.70. The molecule has 0 aromatic heterocycles.